The fourth-order valence-corrected chi connectivity index (χ4v) is 3.23. The Kier molecular flexibility index (Phi) is 5.89. The van der Waals surface area contributed by atoms with E-state index in [2.05, 4.69) is 22.2 Å². The summed E-state index contributed by atoms with van der Waals surface area (Å²) in [7, 11) is 1.36. The van der Waals surface area contributed by atoms with Crippen molar-refractivity contribution in [3.05, 3.63) is 65.2 Å². The average Bonchev–Trinajstić information content (AvgIpc) is 2.67. The number of rotatable bonds is 6. The van der Waals surface area contributed by atoms with Crippen molar-refractivity contribution in [2.75, 3.05) is 13.7 Å². The number of methoxy groups -OCH3 is 1. The second kappa shape index (κ2) is 8.52. The van der Waals surface area contributed by atoms with Crippen LogP contribution in [0.1, 0.15) is 35.6 Å². The number of benzene rings is 2. The molecule has 0 aromatic heterocycles. The molecule has 1 atom stereocenters. The Morgan fingerprint density at radius 3 is 2.65 bits per heavy atom. The molecule has 0 radical (unpaired) electrons. The third-order valence-electron chi connectivity index (χ3n) is 4.57. The van der Waals surface area contributed by atoms with Crippen LogP contribution in [0.25, 0.3) is 0 Å². The Hall–Kier alpha value is -2.82. The van der Waals surface area contributed by atoms with Crippen LogP contribution in [0.15, 0.2) is 48.5 Å². The summed E-state index contributed by atoms with van der Waals surface area (Å²) in [5, 5.41) is 3.07. The molecule has 1 aliphatic rings. The van der Waals surface area contributed by atoms with E-state index in [-0.39, 0.29) is 30.9 Å². The van der Waals surface area contributed by atoms with Gasteiger partial charge in [-0.2, -0.15) is 0 Å². The molecule has 0 fully saturated rings. The Labute approximate surface area is 153 Å². The second-order valence-corrected chi connectivity index (χ2v) is 6.40. The molecule has 0 bridgehead atoms. The number of ether oxygens (including phenoxy) is 2. The van der Waals surface area contributed by atoms with Crippen molar-refractivity contribution in [3.63, 3.8) is 0 Å². The maximum Gasteiger partial charge on any atom is 0.309 e. The average molecular weight is 353 g/mol. The first kappa shape index (κ1) is 18.0. The molecule has 1 amide bonds. The summed E-state index contributed by atoms with van der Waals surface area (Å²) in [5.41, 5.74) is 3.36. The first-order chi connectivity index (χ1) is 12.7. The smallest absolute Gasteiger partial charge is 0.309 e. The Balaban J connectivity index is 1.51. The lowest BCUT2D eigenvalue weighted by molar-refractivity contribution is -0.139. The molecular formula is C21H23NO4. The molecule has 136 valence electrons. The molecule has 0 spiro atoms. The third-order valence-corrected chi connectivity index (χ3v) is 4.57. The Morgan fingerprint density at radius 1 is 1.12 bits per heavy atom. The standard InChI is InChI=1S/C21H23NO4/c1-25-21(24)13-15-9-11-17(12-10-15)26-14-20(23)22-19-8-4-6-16-5-2-3-7-18(16)19/h2-3,5,7,9-12,19H,4,6,8,13-14H2,1H3,(H,22,23). The van der Waals surface area contributed by atoms with Gasteiger partial charge >= 0.3 is 5.97 Å². The lowest BCUT2D eigenvalue weighted by Gasteiger charge is -2.26. The quantitative estimate of drug-likeness (QED) is 0.811. The van der Waals surface area contributed by atoms with Crippen molar-refractivity contribution in [3.8, 4) is 5.75 Å². The van der Waals surface area contributed by atoms with E-state index in [0.29, 0.717) is 5.75 Å². The van der Waals surface area contributed by atoms with E-state index in [9.17, 15) is 9.59 Å². The maximum absolute atomic E-state index is 12.2. The van der Waals surface area contributed by atoms with Crippen molar-refractivity contribution < 1.29 is 19.1 Å². The SMILES string of the molecule is COC(=O)Cc1ccc(OCC(=O)NC2CCCc3ccccc32)cc1. The zero-order valence-electron chi connectivity index (χ0n) is 14.9. The summed E-state index contributed by atoms with van der Waals surface area (Å²) in [6.07, 6.45) is 3.31. The zero-order chi connectivity index (χ0) is 18.4. The summed E-state index contributed by atoms with van der Waals surface area (Å²) in [5.74, 6) is 0.175. The highest BCUT2D eigenvalue weighted by Gasteiger charge is 2.21. The number of hydrogen-bond donors (Lipinski definition) is 1. The summed E-state index contributed by atoms with van der Waals surface area (Å²) >= 11 is 0. The van der Waals surface area contributed by atoms with Crippen LogP contribution >= 0.6 is 0 Å². The van der Waals surface area contributed by atoms with Crippen LogP contribution < -0.4 is 10.1 Å². The molecule has 1 aliphatic carbocycles. The predicted octanol–water partition coefficient (Wildman–Crippen LogP) is 2.97. The van der Waals surface area contributed by atoms with Gasteiger partial charge in [0.15, 0.2) is 6.61 Å². The molecule has 1 unspecified atom stereocenters. The molecule has 5 heteroatoms. The molecule has 5 nitrogen and oxygen atoms in total. The Bertz CT molecular complexity index is 770. The minimum atomic E-state index is -0.286. The molecule has 1 N–H and O–H groups in total. The second-order valence-electron chi connectivity index (χ2n) is 6.40. The van der Waals surface area contributed by atoms with Crippen molar-refractivity contribution in [1.29, 1.82) is 0 Å². The van der Waals surface area contributed by atoms with Gasteiger partial charge in [-0.05, 0) is 48.1 Å². The van der Waals surface area contributed by atoms with Crippen LogP contribution in [0.4, 0.5) is 0 Å². The van der Waals surface area contributed by atoms with Crippen LogP contribution in [-0.4, -0.2) is 25.6 Å². The van der Waals surface area contributed by atoms with E-state index in [1.54, 1.807) is 24.3 Å². The van der Waals surface area contributed by atoms with Gasteiger partial charge in [-0.3, -0.25) is 9.59 Å². The minimum absolute atomic E-state index is 0.0327. The number of hydrogen-bond acceptors (Lipinski definition) is 4. The fraction of sp³-hybridized carbons (Fsp3) is 0.333. The number of carbonyl (C=O) groups is 2. The van der Waals surface area contributed by atoms with Gasteiger partial charge in [0.05, 0.1) is 19.6 Å². The molecule has 26 heavy (non-hydrogen) atoms. The highest BCUT2D eigenvalue weighted by atomic mass is 16.5. The van der Waals surface area contributed by atoms with Gasteiger partial charge in [0.1, 0.15) is 5.75 Å². The van der Waals surface area contributed by atoms with Crippen LogP contribution in [0.2, 0.25) is 0 Å². The van der Waals surface area contributed by atoms with E-state index in [1.165, 1.54) is 18.2 Å². The molecule has 3 rings (SSSR count). The molecule has 2 aromatic carbocycles. The van der Waals surface area contributed by atoms with Gasteiger partial charge in [-0.15, -0.1) is 0 Å². The van der Waals surface area contributed by atoms with Crippen LogP contribution in [0, 0.1) is 0 Å². The van der Waals surface area contributed by atoms with E-state index < -0.39 is 0 Å². The largest absolute Gasteiger partial charge is 0.484 e. The van der Waals surface area contributed by atoms with E-state index >= 15 is 0 Å². The first-order valence-corrected chi connectivity index (χ1v) is 8.81. The number of nitrogens with one attached hydrogen (secondary N) is 1. The molecule has 2 aromatic rings. The fourth-order valence-electron chi connectivity index (χ4n) is 3.23. The number of aryl methyl sites for hydroxylation is 1. The van der Waals surface area contributed by atoms with Crippen molar-refractivity contribution in [2.24, 2.45) is 0 Å². The predicted molar refractivity (Wildman–Crippen MR) is 97.9 cm³/mol. The maximum atomic E-state index is 12.2. The highest BCUT2D eigenvalue weighted by molar-refractivity contribution is 5.78. The highest BCUT2D eigenvalue weighted by Crippen LogP contribution is 2.29. The third kappa shape index (κ3) is 4.63. The van der Waals surface area contributed by atoms with Crippen molar-refractivity contribution >= 4 is 11.9 Å². The van der Waals surface area contributed by atoms with E-state index in [0.717, 1.165) is 24.8 Å². The minimum Gasteiger partial charge on any atom is -0.484 e. The van der Waals surface area contributed by atoms with Crippen LogP contribution in [-0.2, 0) is 27.2 Å². The van der Waals surface area contributed by atoms with Gasteiger partial charge in [-0.1, -0.05) is 36.4 Å². The van der Waals surface area contributed by atoms with Gasteiger partial charge in [0, 0.05) is 0 Å². The molecular weight excluding hydrogens is 330 g/mol. The number of amides is 1. The normalized spacial score (nSPS) is 15.7. The Morgan fingerprint density at radius 2 is 1.88 bits per heavy atom. The number of esters is 1. The number of fused-ring (bicyclic) bond motifs is 1. The van der Waals surface area contributed by atoms with Crippen molar-refractivity contribution in [2.45, 2.75) is 31.7 Å². The zero-order valence-corrected chi connectivity index (χ0v) is 14.9. The molecule has 0 saturated heterocycles. The van der Waals surface area contributed by atoms with Crippen molar-refractivity contribution in [1.82, 2.24) is 5.32 Å². The lowest BCUT2D eigenvalue weighted by Crippen LogP contribution is -2.34. The van der Waals surface area contributed by atoms with Crippen LogP contribution in [0.5, 0.6) is 5.75 Å². The summed E-state index contributed by atoms with van der Waals surface area (Å²) in [4.78, 5) is 23.5. The van der Waals surface area contributed by atoms with Gasteiger partial charge in [0.2, 0.25) is 0 Å². The van der Waals surface area contributed by atoms with Gasteiger partial charge < -0.3 is 14.8 Å². The number of carbonyl (C=O) groups excluding carboxylic acids is 2. The molecule has 0 saturated carbocycles. The monoisotopic (exact) mass is 353 g/mol. The lowest BCUT2D eigenvalue weighted by atomic mass is 9.88. The first-order valence-electron chi connectivity index (χ1n) is 8.81. The summed E-state index contributed by atoms with van der Waals surface area (Å²) < 4.78 is 10.2. The molecule has 0 aliphatic heterocycles. The summed E-state index contributed by atoms with van der Waals surface area (Å²) in [6, 6.07) is 15.4. The van der Waals surface area contributed by atoms with Gasteiger partial charge in [-0.25, -0.2) is 0 Å². The van der Waals surface area contributed by atoms with Gasteiger partial charge in [0.25, 0.3) is 5.91 Å². The summed E-state index contributed by atoms with van der Waals surface area (Å²) in [6.45, 7) is -0.0327. The topological polar surface area (TPSA) is 64.6 Å². The van der Waals surface area contributed by atoms with E-state index in [4.69, 9.17) is 4.74 Å². The van der Waals surface area contributed by atoms with E-state index in [1.807, 2.05) is 12.1 Å². The molecule has 0 heterocycles. The van der Waals surface area contributed by atoms with Crippen LogP contribution in [0.3, 0.4) is 0 Å².